The van der Waals surface area contributed by atoms with Gasteiger partial charge >= 0.3 is 0 Å². The molecule has 2 fully saturated rings. The fourth-order valence-corrected chi connectivity index (χ4v) is 4.51. The Morgan fingerprint density at radius 2 is 2.04 bits per heavy atom. The fraction of sp³-hybridized carbons (Fsp3) is 0.444. The van der Waals surface area contributed by atoms with Crippen LogP contribution in [0.1, 0.15) is 25.7 Å². The molecule has 3 aromatic heterocycles. The van der Waals surface area contributed by atoms with E-state index in [9.17, 15) is 0 Å². The Labute approximate surface area is 161 Å². The maximum absolute atomic E-state index is 6.29. The summed E-state index contributed by atoms with van der Waals surface area (Å²) in [4.78, 5) is 15.6. The van der Waals surface area contributed by atoms with E-state index in [1.807, 2.05) is 0 Å². The van der Waals surface area contributed by atoms with Crippen LogP contribution < -0.4 is 16.4 Å². The number of nitrogens with zero attached hydrogens (tertiary/aromatic N) is 5. The molecule has 27 heavy (non-hydrogen) atoms. The van der Waals surface area contributed by atoms with Gasteiger partial charge in [-0.15, -0.1) is 0 Å². The first-order chi connectivity index (χ1) is 13.1. The van der Waals surface area contributed by atoms with Gasteiger partial charge in [0.15, 0.2) is 0 Å². The topological polar surface area (TPSA) is 123 Å². The third kappa shape index (κ3) is 2.55. The number of fused-ring (bicyclic) bond motifs is 1. The highest BCUT2D eigenvalue weighted by molar-refractivity contribution is 6.35. The first kappa shape index (κ1) is 16.7. The van der Waals surface area contributed by atoms with Gasteiger partial charge in [-0.3, -0.25) is 5.10 Å². The molecule has 5 rings (SSSR count). The second-order valence-corrected chi connectivity index (χ2v) is 7.93. The van der Waals surface area contributed by atoms with Gasteiger partial charge in [-0.05, 0) is 37.2 Å². The number of aromatic amines is 1. The molecular weight excluding hydrogens is 364 g/mol. The van der Waals surface area contributed by atoms with E-state index in [0.29, 0.717) is 38.9 Å². The molecule has 0 amide bonds. The van der Waals surface area contributed by atoms with Crippen molar-refractivity contribution in [2.45, 2.75) is 31.7 Å². The fourth-order valence-electron chi connectivity index (χ4n) is 4.30. The molecule has 140 valence electrons. The number of piperidine rings is 1. The van der Waals surface area contributed by atoms with Gasteiger partial charge in [0.1, 0.15) is 17.2 Å². The van der Waals surface area contributed by atoms with Crippen molar-refractivity contribution in [3.8, 4) is 11.3 Å². The van der Waals surface area contributed by atoms with Crippen molar-refractivity contribution < 1.29 is 0 Å². The van der Waals surface area contributed by atoms with Gasteiger partial charge in [0.25, 0.3) is 0 Å². The zero-order valence-electron chi connectivity index (χ0n) is 14.8. The van der Waals surface area contributed by atoms with Crippen LogP contribution in [0.5, 0.6) is 0 Å². The lowest BCUT2D eigenvalue weighted by molar-refractivity contribution is 0.0610. The molecule has 5 N–H and O–H groups in total. The first-order valence-electron chi connectivity index (χ1n) is 9.19. The van der Waals surface area contributed by atoms with Crippen LogP contribution in [-0.2, 0) is 0 Å². The van der Waals surface area contributed by atoms with Crippen molar-refractivity contribution in [3.05, 3.63) is 23.5 Å². The lowest BCUT2D eigenvalue weighted by atomic mass is 9.60. The molecule has 1 aliphatic heterocycles. The zero-order valence-corrected chi connectivity index (χ0v) is 15.6. The van der Waals surface area contributed by atoms with Gasteiger partial charge in [-0.2, -0.15) is 5.10 Å². The standard InChI is InChI=1S/C18H21ClN8/c19-13-10(2-6-22-16(13)21)14-15-17(26-25-14)24-12(9-23-15)27-7-4-18(5-8-27)3-1-11(18)20/h2,6,9,11H,1,3-5,7-8,20H2,(H2,21,22)(H,24,25,26)/t11-/m0/s1. The Hall–Kier alpha value is -2.45. The van der Waals surface area contributed by atoms with E-state index in [0.717, 1.165) is 38.2 Å². The molecule has 1 saturated carbocycles. The van der Waals surface area contributed by atoms with E-state index in [4.69, 9.17) is 28.1 Å². The van der Waals surface area contributed by atoms with Crippen LogP contribution >= 0.6 is 11.6 Å². The summed E-state index contributed by atoms with van der Waals surface area (Å²) in [5.41, 5.74) is 15.0. The molecule has 8 nitrogen and oxygen atoms in total. The predicted molar refractivity (Wildman–Crippen MR) is 105 cm³/mol. The molecule has 1 saturated heterocycles. The number of rotatable bonds is 2. The normalized spacial score (nSPS) is 21.6. The smallest absolute Gasteiger partial charge is 0.202 e. The monoisotopic (exact) mass is 384 g/mol. The number of anilines is 2. The van der Waals surface area contributed by atoms with Crippen molar-refractivity contribution in [3.63, 3.8) is 0 Å². The first-order valence-corrected chi connectivity index (χ1v) is 9.57. The number of H-pyrrole nitrogens is 1. The van der Waals surface area contributed by atoms with E-state index in [1.165, 1.54) is 6.42 Å². The average molecular weight is 385 g/mol. The maximum Gasteiger partial charge on any atom is 0.202 e. The summed E-state index contributed by atoms with van der Waals surface area (Å²) in [6.45, 7) is 1.91. The summed E-state index contributed by atoms with van der Waals surface area (Å²) in [6.07, 6.45) is 8.06. The van der Waals surface area contributed by atoms with Crippen molar-refractivity contribution in [2.24, 2.45) is 11.1 Å². The molecule has 0 radical (unpaired) electrons. The quantitative estimate of drug-likeness (QED) is 0.619. The van der Waals surface area contributed by atoms with Crippen molar-refractivity contribution in [1.82, 2.24) is 25.1 Å². The number of nitrogens with two attached hydrogens (primary N) is 2. The van der Waals surface area contributed by atoms with E-state index in [1.54, 1.807) is 18.5 Å². The highest BCUT2D eigenvalue weighted by Crippen LogP contribution is 2.48. The molecular formula is C18H21ClN8. The number of nitrogens with one attached hydrogen (secondary N) is 1. The Kier molecular flexibility index (Phi) is 3.73. The minimum Gasteiger partial charge on any atom is -0.382 e. The summed E-state index contributed by atoms with van der Waals surface area (Å²) in [5.74, 6) is 1.13. The number of aromatic nitrogens is 5. The molecule has 1 atom stereocenters. The Balaban J connectivity index is 1.43. The molecule has 1 spiro atoms. The van der Waals surface area contributed by atoms with Crippen LogP contribution in [0.4, 0.5) is 11.6 Å². The van der Waals surface area contributed by atoms with E-state index in [2.05, 4.69) is 25.1 Å². The number of nitrogen functional groups attached to an aromatic ring is 1. The number of hydrogen-bond acceptors (Lipinski definition) is 7. The lowest BCUT2D eigenvalue weighted by Gasteiger charge is -2.52. The molecule has 4 heterocycles. The Morgan fingerprint density at radius 3 is 2.74 bits per heavy atom. The van der Waals surface area contributed by atoms with E-state index in [-0.39, 0.29) is 5.82 Å². The van der Waals surface area contributed by atoms with Gasteiger partial charge in [0.2, 0.25) is 5.65 Å². The third-order valence-corrected chi connectivity index (χ3v) is 6.66. The maximum atomic E-state index is 6.29. The Morgan fingerprint density at radius 1 is 1.22 bits per heavy atom. The van der Waals surface area contributed by atoms with Crippen molar-refractivity contribution in [1.29, 1.82) is 0 Å². The predicted octanol–water partition coefficient (Wildman–Crippen LogP) is 2.36. The lowest BCUT2D eigenvalue weighted by Crippen LogP contribution is -2.56. The van der Waals surface area contributed by atoms with Gasteiger partial charge in [-0.1, -0.05) is 11.6 Å². The molecule has 1 aliphatic carbocycles. The number of pyridine rings is 1. The zero-order chi connectivity index (χ0) is 18.6. The van der Waals surface area contributed by atoms with Gasteiger partial charge < -0.3 is 16.4 Å². The summed E-state index contributed by atoms with van der Waals surface area (Å²) in [6, 6.07) is 2.15. The molecule has 9 heteroatoms. The van der Waals surface area contributed by atoms with Crippen LogP contribution in [0.3, 0.4) is 0 Å². The van der Waals surface area contributed by atoms with Gasteiger partial charge in [0, 0.05) is 30.9 Å². The summed E-state index contributed by atoms with van der Waals surface area (Å²) < 4.78 is 0. The SMILES string of the molecule is Nc1nccc(-c2[nH]nc3nc(N4CCC5(CC[C@@H]5N)CC4)cnc23)c1Cl. The second kappa shape index (κ2) is 6.03. The molecule has 0 unspecified atom stereocenters. The van der Waals surface area contributed by atoms with Crippen LogP contribution in [-0.4, -0.2) is 44.3 Å². The molecule has 2 aliphatic rings. The van der Waals surface area contributed by atoms with Crippen LogP contribution in [0.15, 0.2) is 18.5 Å². The molecule has 0 bridgehead atoms. The van der Waals surface area contributed by atoms with E-state index < -0.39 is 0 Å². The minimum absolute atomic E-state index is 0.276. The van der Waals surface area contributed by atoms with Crippen LogP contribution in [0, 0.1) is 5.41 Å². The molecule has 3 aromatic rings. The number of hydrogen-bond donors (Lipinski definition) is 3. The summed E-state index contributed by atoms with van der Waals surface area (Å²) in [5, 5.41) is 7.69. The largest absolute Gasteiger partial charge is 0.382 e. The second-order valence-electron chi connectivity index (χ2n) is 7.55. The summed E-state index contributed by atoms with van der Waals surface area (Å²) in [7, 11) is 0. The highest BCUT2D eigenvalue weighted by atomic mass is 35.5. The minimum atomic E-state index is 0.276. The molecule has 0 aromatic carbocycles. The van der Waals surface area contributed by atoms with Crippen molar-refractivity contribution in [2.75, 3.05) is 23.7 Å². The van der Waals surface area contributed by atoms with Crippen molar-refractivity contribution >= 4 is 34.4 Å². The Bertz CT molecular complexity index is 1010. The van der Waals surface area contributed by atoms with Crippen LogP contribution in [0.2, 0.25) is 5.02 Å². The van der Waals surface area contributed by atoms with Gasteiger partial charge in [0.05, 0.1) is 16.9 Å². The highest BCUT2D eigenvalue weighted by Gasteiger charge is 2.46. The van der Waals surface area contributed by atoms with Crippen LogP contribution in [0.25, 0.3) is 22.4 Å². The average Bonchev–Trinajstić information content (AvgIpc) is 3.12. The number of halogens is 1. The summed E-state index contributed by atoms with van der Waals surface area (Å²) >= 11 is 6.29. The van der Waals surface area contributed by atoms with Gasteiger partial charge in [-0.25, -0.2) is 15.0 Å². The van der Waals surface area contributed by atoms with E-state index >= 15 is 0 Å². The third-order valence-electron chi connectivity index (χ3n) is 6.26.